The van der Waals surface area contributed by atoms with Crippen LogP contribution < -0.4 is 0 Å². The van der Waals surface area contributed by atoms with E-state index in [9.17, 15) is 28.8 Å². The van der Waals surface area contributed by atoms with Crippen LogP contribution in [0.15, 0.2) is 0 Å². The molecule has 6 atom stereocenters. The van der Waals surface area contributed by atoms with E-state index in [0.717, 1.165) is 94.3 Å². The van der Waals surface area contributed by atoms with E-state index in [4.69, 9.17) is 28.4 Å². The molecule has 7 fully saturated rings. The topological polar surface area (TPSA) is 158 Å². The molecule has 0 aliphatic heterocycles. The van der Waals surface area contributed by atoms with Crippen molar-refractivity contribution in [3.05, 3.63) is 0 Å². The first kappa shape index (κ1) is 45.5. The SMILES string of the molecule is CCC(C)C(=O)OCC(=O)OC12CC3CC(CC(C3)C1)C2.CCC(C)C(=O)OCC(=O)OC1CC2CCC1C2.CCC(C)C(=O)OCC(=O)OC1CCCCC1. The maximum atomic E-state index is 12.0. The number of hydrogen-bond acceptors (Lipinski definition) is 12. The van der Waals surface area contributed by atoms with Crippen LogP contribution in [0.4, 0.5) is 0 Å². The van der Waals surface area contributed by atoms with E-state index in [1.807, 2.05) is 27.7 Å². The van der Waals surface area contributed by atoms with Gasteiger partial charge < -0.3 is 28.4 Å². The van der Waals surface area contributed by atoms with Gasteiger partial charge in [0.15, 0.2) is 19.8 Å². The number of carbonyl (C=O) groups is 6. The Bertz CT molecular complexity index is 1290. The highest BCUT2D eigenvalue weighted by Crippen LogP contribution is 2.57. The van der Waals surface area contributed by atoms with Gasteiger partial charge in [-0.2, -0.15) is 0 Å². The van der Waals surface area contributed by atoms with Gasteiger partial charge in [-0.25, -0.2) is 14.4 Å². The molecule has 56 heavy (non-hydrogen) atoms. The lowest BCUT2D eigenvalue weighted by Gasteiger charge is -2.55. The molecule has 0 heterocycles. The molecule has 7 aliphatic rings. The number of esters is 6. The Hall–Kier alpha value is -3.18. The van der Waals surface area contributed by atoms with E-state index in [-0.39, 0.29) is 79.3 Å². The molecule has 12 nitrogen and oxygen atoms in total. The third kappa shape index (κ3) is 14.0. The van der Waals surface area contributed by atoms with Crippen molar-refractivity contribution in [2.24, 2.45) is 47.3 Å². The highest BCUT2D eigenvalue weighted by atomic mass is 16.6. The van der Waals surface area contributed by atoms with Gasteiger partial charge in [-0.15, -0.1) is 0 Å². The lowest BCUT2D eigenvalue weighted by Crippen LogP contribution is -2.53. The van der Waals surface area contributed by atoms with Gasteiger partial charge in [0.1, 0.15) is 17.8 Å². The normalized spacial score (nSPS) is 29.9. The largest absolute Gasteiger partial charge is 0.460 e. The zero-order valence-corrected chi connectivity index (χ0v) is 35.0. The third-order valence-corrected chi connectivity index (χ3v) is 13.2. The van der Waals surface area contributed by atoms with Crippen molar-refractivity contribution in [1.82, 2.24) is 0 Å². The minimum atomic E-state index is -0.423. The van der Waals surface area contributed by atoms with Crippen molar-refractivity contribution in [1.29, 1.82) is 0 Å². The molecule has 6 bridgehead atoms. The summed E-state index contributed by atoms with van der Waals surface area (Å²) < 4.78 is 31.3. The monoisotopic (exact) mass is 790 g/mol. The number of hydrogen-bond donors (Lipinski definition) is 0. The van der Waals surface area contributed by atoms with Gasteiger partial charge in [0, 0.05) is 0 Å². The van der Waals surface area contributed by atoms with Crippen molar-refractivity contribution < 1.29 is 57.2 Å². The highest BCUT2D eigenvalue weighted by Gasteiger charge is 2.53. The summed E-state index contributed by atoms with van der Waals surface area (Å²) in [5.74, 6) is 0.918. The van der Waals surface area contributed by atoms with Crippen LogP contribution in [0.2, 0.25) is 0 Å². The average molecular weight is 791 g/mol. The quantitative estimate of drug-likeness (QED) is 0.117. The molecule has 0 aromatic carbocycles. The standard InChI is InChI=1S/C17H26O4.C14H22O4.C13H22O4/c1-3-11(2)16(19)20-10-15(18)21-17-7-12-4-13(8-17)6-14(5-12)9-17;1-3-9(2)14(16)17-8-13(15)18-12-7-10-4-5-11(12)6-10;1-3-10(2)13(15)16-9-12(14)17-11-7-5-4-6-8-11/h11-14H,3-10H2,1-2H3;9-12H,3-8H2,1-2H3;10-11H,3-9H2,1-2H3. The maximum Gasteiger partial charge on any atom is 0.344 e. The summed E-state index contributed by atoms with van der Waals surface area (Å²) in [6.07, 6.45) is 19.2. The number of fused-ring (bicyclic) bond motifs is 2. The second-order valence-corrected chi connectivity index (χ2v) is 17.8. The van der Waals surface area contributed by atoms with Crippen LogP contribution in [0.25, 0.3) is 0 Å². The summed E-state index contributed by atoms with van der Waals surface area (Å²) in [5.41, 5.74) is -0.241. The van der Waals surface area contributed by atoms with Crippen LogP contribution in [0.1, 0.15) is 157 Å². The van der Waals surface area contributed by atoms with E-state index >= 15 is 0 Å². The van der Waals surface area contributed by atoms with Crippen LogP contribution in [0.5, 0.6) is 0 Å². The van der Waals surface area contributed by atoms with E-state index in [2.05, 4.69) is 0 Å². The molecular weight excluding hydrogens is 720 g/mol. The van der Waals surface area contributed by atoms with Gasteiger partial charge in [0.2, 0.25) is 0 Å². The third-order valence-electron chi connectivity index (χ3n) is 13.2. The first-order chi connectivity index (χ1) is 26.7. The average Bonchev–Trinajstić information content (AvgIpc) is 3.81. The van der Waals surface area contributed by atoms with Crippen molar-refractivity contribution in [3.63, 3.8) is 0 Å². The first-order valence-electron chi connectivity index (χ1n) is 21.8. The van der Waals surface area contributed by atoms with Crippen LogP contribution >= 0.6 is 0 Å². The summed E-state index contributed by atoms with van der Waals surface area (Å²) in [6.45, 7) is 10.4. The molecule has 0 radical (unpaired) electrons. The van der Waals surface area contributed by atoms with Gasteiger partial charge in [0.05, 0.1) is 17.8 Å². The molecular formula is C44H70O12. The summed E-state index contributed by atoms with van der Waals surface area (Å²) in [6, 6.07) is 0. The fourth-order valence-corrected chi connectivity index (χ4v) is 9.68. The molecule has 12 heteroatoms. The van der Waals surface area contributed by atoms with Crippen molar-refractivity contribution in [2.45, 2.75) is 175 Å². The molecule has 0 spiro atoms. The summed E-state index contributed by atoms with van der Waals surface area (Å²) >= 11 is 0. The van der Waals surface area contributed by atoms with Crippen molar-refractivity contribution >= 4 is 35.8 Å². The molecule has 0 saturated heterocycles. The number of carbonyl (C=O) groups excluding carboxylic acids is 6. The van der Waals surface area contributed by atoms with Crippen LogP contribution in [-0.4, -0.2) is 73.4 Å². The summed E-state index contributed by atoms with van der Waals surface area (Å²) in [7, 11) is 0. The minimum Gasteiger partial charge on any atom is -0.460 e. The zero-order valence-electron chi connectivity index (χ0n) is 35.0. The Balaban J connectivity index is 0.000000188. The Morgan fingerprint density at radius 1 is 0.518 bits per heavy atom. The molecule has 0 amide bonds. The summed E-state index contributed by atoms with van der Waals surface area (Å²) in [5, 5.41) is 0. The number of ether oxygens (including phenoxy) is 6. The van der Waals surface area contributed by atoms with Crippen LogP contribution in [0, 0.1) is 47.3 Å². The molecule has 0 aromatic rings. The second-order valence-electron chi connectivity index (χ2n) is 17.8. The number of rotatable bonds is 15. The van der Waals surface area contributed by atoms with E-state index in [1.54, 1.807) is 13.8 Å². The molecule has 0 N–H and O–H groups in total. The molecule has 7 saturated carbocycles. The van der Waals surface area contributed by atoms with Gasteiger partial charge in [-0.05, 0) is 139 Å². The van der Waals surface area contributed by atoms with Gasteiger partial charge in [-0.3, -0.25) is 14.4 Å². The Morgan fingerprint density at radius 3 is 1.38 bits per heavy atom. The predicted octanol–water partition coefficient (Wildman–Crippen LogP) is 7.85. The first-order valence-corrected chi connectivity index (χ1v) is 21.8. The predicted molar refractivity (Wildman–Crippen MR) is 207 cm³/mol. The molecule has 0 aromatic heterocycles. The van der Waals surface area contributed by atoms with Gasteiger partial charge in [-0.1, -0.05) is 48.0 Å². The minimum absolute atomic E-state index is 0.0264. The van der Waals surface area contributed by atoms with Crippen molar-refractivity contribution in [3.8, 4) is 0 Å². The van der Waals surface area contributed by atoms with Crippen LogP contribution in [-0.2, 0) is 57.2 Å². The highest BCUT2D eigenvalue weighted by molar-refractivity contribution is 5.79. The fourth-order valence-electron chi connectivity index (χ4n) is 9.68. The Labute approximate surface area is 334 Å². The lowest BCUT2D eigenvalue weighted by molar-refractivity contribution is -0.192. The smallest absolute Gasteiger partial charge is 0.344 e. The van der Waals surface area contributed by atoms with Crippen molar-refractivity contribution in [2.75, 3.05) is 19.8 Å². The van der Waals surface area contributed by atoms with E-state index in [1.165, 1.54) is 44.9 Å². The Morgan fingerprint density at radius 2 is 0.964 bits per heavy atom. The van der Waals surface area contributed by atoms with Gasteiger partial charge >= 0.3 is 35.8 Å². The molecule has 6 unspecified atom stereocenters. The second kappa shape index (κ2) is 22.1. The fraction of sp³-hybridized carbons (Fsp3) is 0.864. The molecule has 7 rings (SSSR count). The lowest BCUT2D eigenvalue weighted by atomic mass is 9.54. The molecule has 7 aliphatic carbocycles. The van der Waals surface area contributed by atoms with E-state index in [0.29, 0.717) is 5.92 Å². The molecule has 318 valence electrons. The zero-order chi connectivity index (χ0) is 40.8. The van der Waals surface area contributed by atoms with Gasteiger partial charge in [0.25, 0.3) is 0 Å². The maximum absolute atomic E-state index is 12.0. The Kier molecular flexibility index (Phi) is 18.0. The van der Waals surface area contributed by atoms with E-state index < -0.39 is 11.9 Å². The summed E-state index contributed by atoms with van der Waals surface area (Å²) in [4.78, 5) is 69.4. The van der Waals surface area contributed by atoms with Crippen LogP contribution in [0.3, 0.4) is 0 Å².